The predicted molar refractivity (Wildman–Crippen MR) is 383 cm³/mol. The summed E-state index contributed by atoms with van der Waals surface area (Å²) in [5, 5.41) is 13.9. The summed E-state index contributed by atoms with van der Waals surface area (Å²) >= 11 is 0. The van der Waals surface area contributed by atoms with Gasteiger partial charge in [0.05, 0.1) is 18.9 Å². The first-order valence-electron chi connectivity index (χ1n) is 35.9. The van der Waals surface area contributed by atoms with Gasteiger partial charge in [0.2, 0.25) is 70.9 Å². The standard InChI is InChI=1S/C72H123N15O14/c1-25-27-30-49-59(101-70(99)50(78-60(89)45(15)73)35-48-36-74-38-75-48)58-64(93)80-72(49,26-2)71(100)81(18)37-55(88)82(19)52(32-40(5)6)63(92)79-56(43(11)12)68(97)84(21)53(33-41(7)8)62(91)76-46(16)61(90)77-47(17)65(94)83(20)51(31-28-29-39(3)4)66(95)85(22)54(34-42(9)10)67(96)86(23)57(44(13)14)69(98)87(58)24/h25,27,36,38-47,49-54,56-59H,26,28-35,37,73H2,1-24H3,(H,74,75)(H,76,91)(H,77,90)(H,78,89)(H,79,92)(H,80,93)/b27-25+/t45?,46-,47+,49+,50?,51-,52-,53-,54-,56?,57-,58-,59+,72+/m0/s1. The summed E-state index contributed by atoms with van der Waals surface area (Å²) in [7, 11) is 9.76. The van der Waals surface area contributed by atoms with E-state index in [1.165, 1.54) is 107 Å². The van der Waals surface area contributed by atoms with Crippen molar-refractivity contribution in [3.63, 3.8) is 0 Å². The van der Waals surface area contributed by atoms with Crippen LogP contribution in [0.2, 0.25) is 0 Å². The second-order valence-electron chi connectivity index (χ2n) is 30.3. The SMILES string of the molecule is C/C=C/C[C@@H]1[C@@H](OC(=O)C(Cc2cnc[nH]2)NC(=O)C(C)N)[C@H]2C(=O)N[C@@]1(CC)C(=O)N(C)CC(=O)N(C)[C@@H](CC(C)C)C(=O)NC(C(C)C)C(=O)N(C)[C@@H](CC(C)C)C(=O)N[C@@H](C)C(=O)N[C@H](C)C(=O)N(C)[C@@H](CCCC(C)C)C(=O)N(C)[C@@H](CC(C)C)C(=O)N(C)[C@@H](C(C)C)C(=O)N2C. The van der Waals surface area contributed by atoms with E-state index in [0.29, 0.717) is 18.5 Å². The van der Waals surface area contributed by atoms with Crippen LogP contribution >= 0.6 is 0 Å². The maximum absolute atomic E-state index is 15.8. The number of hydrogen-bond acceptors (Lipinski definition) is 16. The van der Waals surface area contributed by atoms with Gasteiger partial charge in [0.15, 0.2) is 0 Å². The normalized spacial score (nSPS) is 27.0. The summed E-state index contributed by atoms with van der Waals surface area (Å²) in [6.07, 6.45) is 5.51. The first kappa shape index (κ1) is 87.2. The van der Waals surface area contributed by atoms with Crippen LogP contribution in [0.15, 0.2) is 24.7 Å². The van der Waals surface area contributed by atoms with Crippen LogP contribution in [0.25, 0.3) is 0 Å². The minimum atomic E-state index is -2.03. The number of piperidine rings is 1. The molecule has 0 radical (unpaired) electrons. The Labute approximate surface area is 599 Å². The van der Waals surface area contributed by atoms with Gasteiger partial charge in [-0.15, -0.1) is 0 Å². The molecule has 3 fully saturated rings. The molecule has 101 heavy (non-hydrogen) atoms. The van der Waals surface area contributed by atoms with Crippen molar-refractivity contribution in [2.24, 2.45) is 47.2 Å². The number of imidazole rings is 1. The number of fused-ring (bicyclic) bond motifs is 30. The van der Waals surface area contributed by atoms with E-state index in [1.54, 1.807) is 53.7 Å². The third-order valence-electron chi connectivity index (χ3n) is 19.4. The number of aromatic nitrogens is 2. The third kappa shape index (κ3) is 22.8. The molecule has 8 N–H and O–H groups in total. The molecule has 3 aliphatic heterocycles. The minimum absolute atomic E-state index is 0.0822. The van der Waals surface area contributed by atoms with E-state index in [2.05, 4.69) is 36.6 Å². The van der Waals surface area contributed by atoms with Crippen molar-refractivity contribution < 1.29 is 67.1 Å². The predicted octanol–water partition coefficient (Wildman–Crippen LogP) is 2.76. The van der Waals surface area contributed by atoms with Crippen molar-refractivity contribution in [1.29, 1.82) is 0 Å². The van der Waals surface area contributed by atoms with Gasteiger partial charge < -0.3 is 76.3 Å². The highest BCUT2D eigenvalue weighted by Crippen LogP contribution is 2.39. The number of hydrogen-bond donors (Lipinski definition) is 7. The van der Waals surface area contributed by atoms with Crippen molar-refractivity contribution in [3.05, 3.63) is 30.4 Å². The lowest BCUT2D eigenvalue weighted by Crippen LogP contribution is -2.76. The van der Waals surface area contributed by atoms with Crippen molar-refractivity contribution in [1.82, 2.24) is 70.9 Å². The molecule has 3 aliphatic rings. The number of nitrogens with zero attached hydrogens (tertiary/aromatic N) is 8. The number of H-pyrrole nitrogens is 1. The molecule has 4 rings (SSSR count). The zero-order valence-electron chi connectivity index (χ0n) is 64.7. The molecule has 1 aromatic rings. The van der Waals surface area contributed by atoms with Crippen molar-refractivity contribution >= 4 is 76.9 Å². The van der Waals surface area contributed by atoms with E-state index in [-0.39, 0.29) is 68.6 Å². The van der Waals surface area contributed by atoms with E-state index < -0.39 is 179 Å². The summed E-state index contributed by atoms with van der Waals surface area (Å²) in [4.78, 5) is 210. The molecule has 3 saturated heterocycles. The van der Waals surface area contributed by atoms with Gasteiger partial charge in [-0.05, 0) is 102 Å². The molecule has 1 aromatic heterocycles. The van der Waals surface area contributed by atoms with Crippen molar-refractivity contribution in [2.75, 3.05) is 55.9 Å². The summed E-state index contributed by atoms with van der Waals surface area (Å²) in [6, 6.07) is -14.4. The van der Waals surface area contributed by atoms with Crippen LogP contribution in [0, 0.1) is 41.4 Å². The fraction of sp³-hybridized carbons (Fsp3) is 0.750. The zero-order valence-corrected chi connectivity index (χ0v) is 64.7. The average Bonchev–Trinajstić information content (AvgIpc) is 0.998. The number of carbonyl (C=O) groups excluding carboxylic acids is 13. The van der Waals surface area contributed by atoms with Crippen LogP contribution in [0.3, 0.4) is 0 Å². The molecule has 29 nitrogen and oxygen atoms in total. The Morgan fingerprint density at radius 3 is 1.66 bits per heavy atom. The molecule has 0 spiro atoms. The van der Waals surface area contributed by atoms with Crippen molar-refractivity contribution in [3.8, 4) is 0 Å². The molecule has 4 heterocycles. The minimum Gasteiger partial charge on any atom is -0.458 e. The van der Waals surface area contributed by atoms with E-state index in [0.717, 1.165) is 9.80 Å². The highest BCUT2D eigenvalue weighted by Gasteiger charge is 2.60. The number of allylic oxidation sites excluding steroid dienone is 2. The molecule has 12 amide bonds. The van der Waals surface area contributed by atoms with Crippen molar-refractivity contribution in [2.45, 2.75) is 254 Å². The van der Waals surface area contributed by atoms with Gasteiger partial charge in [0.1, 0.15) is 72.1 Å². The fourth-order valence-electron chi connectivity index (χ4n) is 13.4. The average molecular weight is 1420 g/mol. The smallest absolute Gasteiger partial charge is 0.329 e. The molecule has 3 unspecified atom stereocenters. The zero-order chi connectivity index (χ0) is 77.2. The number of amides is 12. The van der Waals surface area contributed by atoms with Gasteiger partial charge in [-0.2, -0.15) is 0 Å². The van der Waals surface area contributed by atoms with E-state index >= 15 is 28.8 Å². The maximum Gasteiger partial charge on any atom is 0.329 e. The Morgan fingerprint density at radius 2 is 1.16 bits per heavy atom. The van der Waals surface area contributed by atoms with E-state index in [4.69, 9.17) is 10.5 Å². The number of esters is 1. The molecular weight excluding hydrogens is 1300 g/mol. The molecule has 570 valence electrons. The number of nitrogens with two attached hydrogens (primary N) is 1. The van der Waals surface area contributed by atoms with Gasteiger partial charge in [0, 0.05) is 73.6 Å². The Bertz CT molecular complexity index is 3060. The first-order valence-corrected chi connectivity index (χ1v) is 35.9. The summed E-state index contributed by atoms with van der Waals surface area (Å²) < 4.78 is 6.57. The summed E-state index contributed by atoms with van der Waals surface area (Å²) in [6.45, 7) is 28.9. The van der Waals surface area contributed by atoms with Gasteiger partial charge >= 0.3 is 5.97 Å². The lowest BCUT2D eigenvalue weighted by molar-refractivity contribution is -0.179. The Morgan fingerprint density at radius 1 is 0.634 bits per heavy atom. The Hall–Kier alpha value is -7.98. The molecule has 0 aliphatic carbocycles. The van der Waals surface area contributed by atoms with Gasteiger partial charge in [-0.1, -0.05) is 115 Å². The molecule has 14 atom stereocenters. The van der Waals surface area contributed by atoms with E-state index in [1.807, 2.05) is 55.4 Å². The topological polar surface area (TPSA) is 369 Å². The Balaban J connectivity index is 2.52. The van der Waals surface area contributed by atoms with Gasteiger partial charge in [0.25, 0.3) is 0 Å². The Kier molecular flexibility index (Phi) is 33.6. The lowest BCUT2D eigenvalue weighted by atomic mass is 9.69. The number of likely N-dealkylation sites (N-methyl/N-ethyl adjacent to an activating group) is 7. The first-order chi connectivity index (χ1) is 46.9. The maximum atomic E-state index is 15.8. The number of carbonyl (C=O) groups is 13. The largest absolute Gasteiger partial charge is 0.458 e. The molecule has 29 heteroatoms. The van der Waals surface area contributed by atoms with E-state index in [9.17, 15) is 33.6 Å². The fourth-order valence-corrected chi connectivity index (χ4v) is 13.4. The number of aromatic amines is 1. The second-order valence-corrected chi connectivity index (χ2v) is 30.3. The molecule has 0 saturated carbocycles. The van der Waals surface area contributed by atoms with Gasteiger partial charge in [-0.3, -0.25) is 57.5 Å². The monoisotopic (exact) mass is 1420 g/mol. The second kappa shape index (κ2) is 38.9. The van der Waals surface area contributed by atoms with Crippen LogP contribution < -0.4 is 32.3 Å². The lowest BCUT2D eigenvalue weighted by Gasteiger charge is -2.52. The van der Waals surface area contributed by atoms with Gasteiger partial charge in [-0.25, -0.2) is 9.78 Å². The summed E-state index contributed by atoms with van der Waals surface area (Å²) in [5.74, 6) is -12.9. The van der Waals surface area contributed by atoms with Crippen LogP contribution in [0.4, 0.5) is 0 Å². The highest BCUT2D eigenvalue weighted by atomic mass is 16.5. The van der Waals surface area contributed by atoms with Crippen LogP contribution in [0.1, 0.15) is 175 Å². The van der Waals surface area contributed by atoms with Crippen LogP contribution in [-0.4, -0.2) is 255 Å². The quantitative estimate of drug-likeness (QED) is 0.0529. The number of nitrogens with one attached hydrogen (secondary N) is 6. The third-order valence-corrected chi connectivity index (χ3v) is 19.4. The molecule has 2 bridgehead atoms. The number of ether oxygens (including phenoxy) is 1. The summed E-state index contributed by atoms with van der Waals surface area (Å²) in [5.41, 5.74) is 4.38. The molecular formula is C72H123N15O14. The van der Waals surface area contributed by atoms with Crippen LogP contribution in [-0.2, 0) is 73.5 Å². The molecule has 0 aromatic carbocycles. The van der Waals surface area contributed by atoms with Crippen LogP contribution in [0.5, 0.6) is 0 Å². The highest BCUT2D eigenvalue weighted by molar-refractivity contribution is 6.01. The number of rotatable bonds is 21.